The van der Waals surface area contributed by atoms with Crippen molar-refractivity contribution in [3.8, 4) is 11.5 Å². The van der Waals surface area contributed by atoms with Crippen LogP contribution in [0.15, 0.2) is 36.4 Å². The van der Waals surface area contributed by atoms with Crippen LogP contribution >= 0.6 is 23.2 Å². The van der Waals surface area contributed by atoms with Gasteiger partial charge in [0.15, 0.2) is 11.6 Å². The van der Waals surface area contributed by atoms with Crippen molar-refractivity contribution >= 4 is 23.2 Å². The summed E-state index contributed by atoms with van der Waals surface area (Å²) in [7, 11) is 0. The topological polar surface area (TPSA) is 21.3 Å². The van der Waals surface area contributed by atoms with E-state index in [0.717, 1.165) is 5.56 Å². The standard InChI is InChI=1S/C16H14Cl2FNO/c17-11-6-12(18)8-14(7-11)21-16-10(2-1-3-15(16)19)9-20-13-4-5-13/h1-3,6-8,13,20H,4-5,9H2. The Bertz CT molecular complexity index is 638. The molecule has 0 spiro atoms. The molecule has 0 heterocycles. The van der Waals surface area contributed by atoms with E-state index in [1.165, 1.54) is 18.9 Å². The molecule has 0 bridgehead atoms. The van der Waals surface area contributed by atoms with Gasteiger partial charge in [0.05, 0.1) is 0 Å². The summed E-state index contributed by atoms with van der Waals surface area (Å²) in [5.74, 6) is 0.232. The molecular weight excluding hydrogens is 312 g/mol. The molecule has 5 heteroatoms. The lowest BCUT2D eigenvalue weighted by molar-refractivity contribution is 0.433. The van der Waals surface area contributed by atoms with E-state index in [-0.39, 0.29) is 5.75 Å². The molecule has 21 heavy (non-hydrogen) atoms. The van der Waals surface area contributed by atoms with Gasteiger partial charge in [-0.3, -0.25) is 0 Å². The van der Waals surface area contributed by atoms with Crippen LogP contribution in [-0.4, -0.2) is 6.04 Å². The number of hydrogen-bond acceptors (Lipinski definition) is 2. The Hall–Kier alpha value is -1.29. The maximum atomic E-state index is 14.1. The summed E-state index contributed by atoms with van der Waals surface area (Å²) in [6.07, 6.45) is 2.35. The lowest BCUT2D eigenvalue weighted by atomic mass is 10.2. The maximum Gasteiger partial charge on any atom is 0.167 e. The summed E-state index contributed by atoms with van der Waals surface area (Å²) in [6, 6.07) is 10.3. The predicted molar refractivity (Wildman–Crippen MR) is 82.8 cm³/mol. The quantitative estimate of drug-likeness (QED) is 0.818. The molecule has 2 nitrogen and oxygen atoms in total. The first-order valence-corrected chi connectivity index (χ1v) is 7.52. The third-order valence-electron chi connectivity index (χ3n) is 3.26. The third kappa shape index (κ3) is 3.88. The van der Waals surface area contributed by atoms with Crippen molar-refractivity contribution in [3.63, 3.8) is 0 Å². The molecule has 0 aliphatic heterocycles. The van der Waals surface area contributed by atoms with Crippen molar-refractivity contribution in [3.05, 3.63) is 57.8 Å². The zero-order chi connectivity index (χ0) is 14.8. The zero-order valence-electron chi connectivity index (χ0n) is 11.2. The molecule has 1 fully saturated rings. The number of hydrogen-bond donors (Lipinski definition) is 1. The Labute approximate surface area is 132 Å². The Morgan fingerprint density at radius 3 is 2.52 bits per heavy atom. The van der Waals surface area contributed by atoms with Crippen LogP contribution in [0.3, 0.4) is 0 Å². The van der Waals surface area contributed by atoms with Crippen molar-refractivity contribution in [2.75, 3.05) is 0 Å². The molecule has 0 amide bonds. The van der Waals surface area contributed by atoms with E-state index in [1.54, 1.807) is 24.3 Å². The average molecular weight is 326 g/mol. The Morgan fingerprint density at radius 2 is 1.86 bits per heavy atom. The largest absolute Gasteiger partial charge is 0.454 e. The summed E-state index contributed by atoms with van der Waals surface area (Å²) in [6.45, 7) is 0.575. The smallest absolute Gasteiger partial charge is 0.167 e. The van der Waals surface area contributed by atoms with Crippen LogP contribution in [0.4, 0.5) is 4.39 Å². The second-order valence-corrected chi connectivity index (χ2v) is 5.96. The van der Waals surface area contributed by atoms with Gasteiger partial charge in [0.1, 0.15) is 5.75 Å². The number of para-hydroxylation sites is 1. The minimum atomic E-state index is -0.402. The number of rotatable bonds is 5. The highest BCUT2D eigenvalue weighted by atomic mass is 35.5. The first-order chi connectivity index (χ1) is 10.1. The molecular formula is C16H14Cl2FNO. The molecule has 2 aromatic carbocycles. The summed E-state index contributed by atoms with van der Waals surface area (Å²) in [5, 5.41) is 4.25. The summed E-state index contributed by atoms with van der Waals surface area (Å²) in [5.41, 5.74) is 0.776. The minimum Gasteiger partial charge on any atom is -0.454 e. The summed E-state index contributed by atoms with van der Waals surface area (Å²) >= 11 is 11.9. The highest BCUT2D eigenvalue weighted by molar-refractivity contribution is 6.34. The molecule has 0 unspecified atom stereocenters. The van der Waals surface area contributed by atoms with Crippen molar-refractivity contribution in [1.82, 2.24) is 5.32 Å². The fourth-order valence-corrected chi connectivity index (χ4v) is 2.56. The van der Waals surface area contributed by atoms with Gasteiger partial charge in [-0.2, -0.15) is 0 Å². The Kier molecular flexibility index (Phi) is 4.34. The highest BCUT2D eigenvalue weighted by Crippen LogP contribution is 2.32. The fourth-order valence-electron chi connectivity index (χ4n) is 2.05. The molecule has 1 aliphatic rings. The first-order valence-electron chi connectivity index (χ1n) is 6.76. The fraction of sp³-hybridized carbons (Fsp3) is 0.250. The van der Waals surface area contributed by atoms with Gasteiger partial charge in [0, 0.05) is 28.2 Å². The van der Waals surface area contributed by atoms with Gasteiger partial charge in [-0.1, -0.05) is 35.3 Å². The molecule has 2 aromatic rings. The first kappa shape index (κ1) is 14.6. The van der Waals surface area contributed by atoms with E-state index in [9.17, 15) is 4.39 Å². The highest BCUT2D eigenvalue weighted by Gasteiger charge is 2.21. The summed E-state index contributed by atoms with van der Waals surface area (Å²) < 4.78 is 19.7. The van der Waals surface area contributed by atoms with E-state index in [0.29, 0.717) is 28.4 Å². The molecule has 0 aromatic heterocycles. The monoisotopic (exact) mass is 325 g/mol. The van der Waals surface area contributed by atoms with Gasteiger partial charge in [-0.05, 0) is 37.1 Å². The van der Waals surface area contributed by atoms with E-state index in [2.05, 4.69) is 5.32 Å². The van der Waals surface area contributed by atoms with Crippen LogP contribution in [0.25, 0.3) is 0 Å². The van der Waals surface area contributed by atoms with Gasteiger partial charge in [-0.15, -0.1) is 0 Å². The molecule has 1 saturated carbocycles. The molecule has 1 N–H and O–H groups in total. The molecule has 3 rings (SSSR count). The second kappa shape index (κ2) is 6.22. The normalized spacial score (nSPS) is 14.2. The van der Waals surface area contributed by atoms with Gasteiger partial charge in [-0.25, -0.2) is 4.39 Å². The van der Waals surface area contributed by atoms with Crippen molar-refractivity contribution in [2.45, 2.75) is 25.4 Å². The lowest BCUT2D eigenvalue weighted by Crippen LogP contribution is -2.16. The van der Waals surface area contributed by atoms with Gasteiger partial charge >= 0.3 is 0 Å². The van der Waals surface area contributed by atoms with Gasteiger partial charge < -0.3 is 10.1 Å². The number of ether oxygens (including phenoxy) is 1. The third-order valence-corrected chi connectivity index (χ3v) is 3.70. The molecule has 0 radical (unpaired) electrons. The van der Waals surface area contributed by atoms with E-state index in [1.807, 2.05) is 6.07 Å². The second-order valence-electron chi connectivity index (χ2n) is 5.09. The number of benzene rings is 2. The van der Waals surface area contributed by atoms with Crippen LogP contribution in [-0.2, 0) is 6.54 Å². The van der Waals surface area contributed by atoms with Crippen LogP contribution in [0.1, 0.15) is 18.4 Å². The van der Waals surface area contributed by atoms with E-state index < -0.39 is 5.82 Å². The van der Waals surface area contributed by atoms with Crippen LogP contribution in [0, 0.1) is 5.82 Å². The molecule has 0 atom stereocenters. The number of halogens is 3. The lowest BCUT2D eigenvalue weighted by Gasteiger charge is -2.13. The predicted octanol–water partition coefficient (Wildman–Crippen LogP) is 5.18. The van der Waals surface area contributed by atoms with Crippen molar-refractivity contribution in [2.24, 2.45) is 0 Å². The van der Waals surface area contributed by atoms with Crippen LogP contribution < -0.4 is 10.1 Å². The van der Waals surface area contributed by atoms with Crippen molar-refractivity contribution < 1.29 is 9.13 Å². The van der Waals surface area contributed by atoms with Gasteiger partial charge in [0.25, 0.3) is 0 Å². The SMILES string of the molecule is Fc1cccc(CNC2CC2)c1Oc1cc(Cl)cc(Cl)c1. The van der Waals surface area contributed by atoms with E-state index in [4.69, 9.17) is 27.9 Å². The Morgan fingerprint density at radius 1 is 1.14 bits per heavy atom. The molecule has 0 saturated heterocycles. The molecule has 110 valence electrons. The molecule has 1 aliphatic carbocycles. The summed E-state index contributed by atoms with van der Waals surface area (Å²) in [4.78, 5) is 0. The number of nitrogens with one attached hydrogen (secondary N) is 1. The van der Waals surface area contributed by atoms with Crippen LogP contribution in [0.5, 0.6) is 11.5 Å². The maximum absolute atomic E-state index is 14.1. The Balaban J connectivity index is 1.85. The van der Waals surface area contributed by atoms with E-state index >= 15 is 0 Å². The van der Waals surface area contributed by atoms with Gasteiger partial charge in [0.2, 0.25) is 0 Å². The zero-order valence-corrected chi connectivity index (χ0v) is 12.7. The van der Waals surface area contributed by atoms with Crippen molar-refractivity contribution in [1.29, 1.82) is 0 Å². The minimum absolute atomic E-state index is 0.212. The van der Waals surface area contributed by atoms with Crippen LogP contribution in [0.2, 0.25) is 10.0 Å². The average Bonchev–Trinajstić information content (AvgIpc) is 3.22.